The Balaban J connectivity index is 1.56. The van der Waals surface area contributed by atoms with Crippen LogP contribution < -0.4 is 0 Å². The number of hydrogen-bond donors (Lipinski definition) is 0. The summed E-state index contributed by atoms with van der Waals surface area (Å²) >= 11 is 0. The van der Waals surface area contributed by atoms with Gasteiger partial charge in [-0.3, -0.25) is 4.79 Å². The second kappa shape index (κ2) is 6.26. The fourth-order valence-corrected chi connectivity index (χ4v) is 10.1. The van der Waals surface area contributed by atoms with Gasteiger partial charge in [0, 0.05) is 12.3 Å². The van der Waals surface area contributed by atoms with Gasteiger partial charge in [-0.25, -0.2) is 0 Å². The molecule has 3 fully saturated rings. The lowest BCUT2D eigenvalue weighted by atomic mass is 9.33. The van der Waals surface area contributed by atoms with Crippen molar-refractivity contribution in [2.75, 3.05) is 0 Å². The van der Waals surface area contributed by atoms with Crippen LogP contribution in [0.3, 0.4) is 0 Å². The van der Waals surface area contributed by atoms with Gasteiger partial charge in [0.05, 0.1) is 0 Å². The molecule has 0 amide bonds. The van der Waals surface area contributed by atoms with Crippen LogP contribution in [0.2, 0.25) is 0 Å². The van der Waals surface area contributed by atoms with Crippen LogP contribution in [0, 0.1) is 44.8 Å². The van der Waals surface area contributed by atoms with Crippen molar-refractivity contribution in [2.24, 2.45) is 44.8 Å². The molecular weight excluding hydrogens is 364 g/mol. The van der Waals surface area contributed by atoms with E-state index < -0.39 is 0 Å². The molecule has 0 aromatic rings. The fraction of sp³-hybridized carbons (Fsp3) is 0.897. The Morgan fingerprint density at radius 1 is 0.733 bits per heavy atom. The third-order valence-corrected chi connectivity index (χ3v) is 12.5. The van der Waals surface area contributed by atoms with Gasteiger partial charge in [0.15, 0.2) is 0 Å². The maximum absolute atomic E-state index is 12.7. The van der Waals surface area contributed by atoms with Crippen LogP contribution >= 0.6 is 0 Å². The first kappa shape index (κ1) is 21.3. The Hall–Kier alpha value is -0.590. The number of Topliss-reactive ketones (excluding diaryl/α,β-unsaturated/α-hetero) is 1. The first-order chi connectivity index (χ1) is 13.9. The molecule has 5 rings (SSSR count). The lowest BCUT2D eigenvalue weighted by Crippen LogP contribution is -2.64. The fourth-order valence-electron chi connectivity index (χ4n) is 10.1. The van der Waals surface area contributed by atoms with E-state index in [0.717, 1.165) is 24.7 Å². The SMILES string of the molecule is CC1C(=O)CCC2C1(C)CCC1C2(C)CCC2(C)C3=C(CCC(C)(C)C3)CCC12C. The van der Waals surface area contributed by atoms with Gasteiger partial charge in [-0.2, -0.15) is 0 Å². The summed E-state index contributed by atoms with van der Waals surface area (Å²) in [5.41, 5.74) is 5.70. The summed E-state index contributed by atoms with van der Waals surface area (Å²) in [5, 5.41) is 0. The predicted molar refractivity (Wildman–Crippen MR) is 125 cm³/mol. The van der Waals surface area contributed by atoms with Crippen molar-refractivity contribution in [3.63, 3.8) is 0 Å². The molecule has 0 saturated heterocycles. The highest BCUT2D eigenvalue weighted by atomic mass is 16.1. The number of carbonyl (C=O) groups excluding carboxylic acids is 1. The van der Waals surface area contributed by atoms with Crippen LogP contribution in [0.4, 0.5) is 0 Å². The molecule has 0 heterocycles. The lowest BCUT2D eigenvalue weighted by Gasteiger charge is -2.71. The van der Waals surface area contributed by atoms with Crippen molar-refractivity contribution in [1.29, 1.82) is 0 Å². The molecule has 5 aliphatic carbocycles. The predicted octanol–water partition coefficient (Wildman–Crippen LogP) is 8.13. The summed E-state index contributed by atoms with van der Waals surface area (Å²) in [5.74, 6) is 2.35. The summed E-state index contributed by atoms with van der Waals surface area (Å²) in [6.45, 7) is 17.8. The minimum atomic E-state index is 0.233. The van der Waals surface area contributed by atoms with Crippen LogP contribution in [0.25, 0.3) is 0 Å². The van der Waals surface area contributed by atoms with E-state index in [2.05, 4.69) is 48.5 Å². The molecule has 0 bridgehead atoms. The van der Waals surface area contributed by atoms with Gasteiger partial charge in [-0.1, -0.05) is 59.6 Å². The molecule has 0 N–H and O–H groups in total. The second-order valence-electron chi connectivity index (χ2n) is 14.1. The maximum Gasteiger partial charge on any atom is 0.136 e. The first-order valence-electron chi connectivity index (χ1n) is 13.1. The summed E-state index contributed by atoms with van der Waals surface area (Å²) in [4.78, 5) is 12.7. The van der Waals surface area contributed by atoms with Gasteiger partial charge in [-0.05, 0) is 103 Å². The van der Waals surface area contributed by atoms with Crippen LogP contribution in [-0.2, 0) is 4.79 Å². The normalized spacial score (nSPS) is 52.8. The van der Waals surface area contributed by atoms with Gasteiger partial charge in [0.2, 0.25) is 0 Å². The van der Waals surface area contributed by atoms with E-state index in [0.29, 0.717) is 27.4 Å². The summed E-state index contributed by atoms with van der Waals surface area (Å²) in [7, 11) is 0. The molecule has 0 aromatic heterocycles. The lowest BCUT2D eigenvalue weighted by molar-refractivity contribution is -0.201. The molecule has 0 radical (unpaired) electrons. The van der Waals surface area contributed by atoms with Gasteiger partial charge >= 0.3 is 0 Å². The van der Waals surface area contributed by atoms with Gasteiger partial charge in [-0.15, -0.1) is 0 Å². The monoisotopic (exact) mass is 410 g/mol. The Morgan fingerprint density at radius 2 is 1.43 bits per heavy atom. The topological polar surface area (TPSA) is 17.1 Å². The molecule has 1 heteroatoms. The highest BCUT2D eigenvalue weighted by Crippen LogP contribution is 2.75. The van der Waals surface area contributed by atoms with E-state index in [1.165, 1.54) is 57.8 Å². The van der Waals surface area contributed by atoms with E-state index >= 15 is 0 Å². The molecule has 0 spiro atoms. The Kier molecular flexibility index (Phi) is 4.43. The summed E-state index contributed by atoms with van der Waals surface area (Å²) in [6.07, 6.45) is 14.2. The number of hydrogen-bond acceptors (Lipinski definition) is 1. The molecule has 0 aliphatic heterocycles. The zero-order chi connectivity index (χ0) is 21.7. The third-order valence-electron chi connectivity index (χ3n) is 12.5. The summed E-state index contributed by atoms with van der Waals surface area (Å²) in [6, 6.07) is 0. The van der Waals surface area contributed by atoms with Crippen LogP contribution in [0.5, 0.6) is 0 Å². The molecule has 168 valence electrons. The highest BCUT2D eigenvalue weighted by molar-refractivity contribution is 5.82. The van der Waals surface area contributed by atoms with Crippen molar-refractivity contribution >= 4 is 5.78 Å². The number of allylic oxidation sites excluding steroid dienone is 2. The van der Waals surface area contributed by atoms with Crippen LogP contribution in [0.1, 0.15) is 119 Å². The summed E-state index contributed by atoms with van der Waals surface area (Å²) < 4.78 is 0. The molecular formula is C29H46O. The molecule has 30 heavy (non-hydrogen) atoms. The van der Waals surface area contributed by atoms with Crippen molar-refractivity contribution in [2.45, 2.75) is 119 Å². The molecule has 3 saturated carbocycles. The van der Waals surface area contributed by atoms with Crippen molar-refractivity contribution in [3.8, 4) is 0 Å². The van der Waals surface area contributed by atoms with E-state index in [4.69, 9.17) is 0 Å². The number of fused-ring (bicyclic) bond motifs is 6. The molecule has 0 aromatic carbocycles. The zero-order valence-corrected chi connectivity index (χ0v) is 20.9. The molecule has 7 unspecified atom stereocenters. The third kappa shape index (κ3) is 2.50. The first-order valence-corrected chi connectivity index (χ1v) is 13.1. The number of carbonyl (C=O) groups is 1. The Bertz CT molecular complexity index is 803. The Morgan fingerprint density at radius 3 is 2.17 bits per heavy atom. The smallest absolute Gasteiger partial charge is 0.136 e. The van der Waals surface area contributed by atoms with Gasteiger partial charge in [0.25, 0.3) is 0 Å². The maximum atomic E-state index is 12.7. The van der Waals surface area contributed by atoms with Crippen LogP contribution in [-0.4, -0.2) is 5.78 Å². The zero-order valence-electron chi connectivity index (χ0n) is 20.9. The van der Waals surface area contributed by atoms with Crippen molar-refractivity contribution < 1.29 is 4.79 Å². The van der Waals surface area contributed by atoms with Crippen LogP contribution in [0.15, 0.2) is 11.1 Å². The quantitative estimate of drug-likeness (QED) is 0.368. The van der Waals surface area contributed by atoms with Crippen molar-refractivity contribution in [3.05, 3.63) is 11.1 Å². The van der Waals surface area contributed by atoms with E-state index in [-0.39, 0.29) is 11.3 Å². The van der Waals surface area contributed by atoms with Gasteiger partial charge in [0.1, 0.15) is 5.78 Å². The number of ketones is 1. The highest BCUT2D eigenvalue weighted by Gasteiger charge is 2.67. The van der Waals surface area contributed by atoms with Crippen molar-refractivity contribution in [1.82, 2.24) is 0 Å². The number of rotatable bonds is 0. The largest absolute Gasteiger partial charge is 0.299 e. The van der Waals surface area contributed by atoms with Gasteiger partial charge < -0.3 is 0 Å². The second-order valence-corrected chi connectivity index (χ2v) is 14.1. The van der Waals surface area contributed by atoms with E-state index in [1.54, 1.807) is 0 Å². The molecule has 7 atom stereocenters. The molecule has 5 aliphatic rings. The Labute approximate surface area is 185 Å². The minimum Gasteiger partial charge on any atom is -0.299 e. The standard InChI is InChI=1S/C29H46O/c1-19-22(30)8-9-23-26(19,4)14-12-24-27(23,5)16-17-28(6)21-18-25(2,3)13-10-20(21)11-15-29(24,28)7/h19,23-24H,8-18H2,1-7H3. The van der Waals surface area contributed by atoms with E-state index in [9.17, 15) is 4.79 Å². The van der Waals surface area contributed by atoms with E-state index in [1.807, 2.05) is 11.1 Å². The average Bonchev–Trinajstić information content (AvgIpc) is 2.67. The average molecular weight is 411 g/mol. The molecule has 1 nitrogen and oxygen atoms in total. The minimum absolute atomic E-state index is 0.233.